The van der Waals surface area contributed by atoms with Gasteiger partial charge in [-0.2, -0.15) is 0 Å². The molecule has 32 heavy (non-hydrogen) atoms. The number of hydrogen-bond acceptors (Lipinski definition) is 6. The van der Waals surface area contributed by atoms with Crippen LogP contribution in [0.2, 0.25) is 0 Å². The zero-order valence-electron chi connectivity index (χ0n) is 17.7. The molecule has 0 bridgehead atoms. The summed E-state index contributed by atoms with van der Waals surface area (Å²) in [6, 6.07) is 15.6. The summed E-state index contributed by atoms with van der Waals surface area (Å²) >= 11 is 0. The molecule has 3 aliphatic rings. The molecule has 3 aliphatic heterocycles. The van der Waals surface area contributed by atoms with Crippen molar-refractivity contribution in [1.29, 1.82) is 0 Å². The van der Waals surface area contributed by atoms with E-state index in [1.54, 1.807) is 0 Å². The highest BCUT2D eigenvalue weighted by Crippen LogP contribution is 2.55. The van der Waals surface area contributed by atoms with E-state index in [9.17, 15) is 4.79 Å². The van der Waals surface area contributed by atoms with Crippen LogP contribution in [0.1, 0.15) is 16.7 Å². The summed E-state index contributed by atoms with van der Waals surface area (Å²) in [6.45, 7) is 0.880. The van der Waals surface area contributed by atoms with E-state index < -0.39 is 5.41 Å². The molecule has 0 radical (unpaired) electrons. The molecule has 0 saturated carbocycles. The Morgan fingerprint density at radius 2 is 1.78 bits per heavy atom. The van der Waals surface area contributed by atoms with E-state index in [0.29, 0.717) is 23.8 Å². The first-order chi connectivity index (χ1) is 15.1. The van der Waals surface area contributed by atoms with Gasteiger partial charge in [-0.1, -0.05) is 24.3 Å². The fourth-order valence-corrected chi connectivity index (χ4v) is 4.68. The van der Waals surface area contributed by atoms with E-state index >= 15 is 0 Å². The number of carbonyl (C=O) groups is 1. The van der Waals surface area contributed by atoms with Gasteiger partial charge in [0.25, 0.3) is 0 Å². The summed E-state index contributed by atoms with van der Waals surface area (Å²) in [5, 5.41) is 0. The molecule has 3 aromatic rings. The molecular weight excluding hydrogens is 430 g/mol. The molecule has 0 fully saturated rings. The average molecular weight is 452 g/mol. The van der Waals surface area contributed by atoms with Crippen molar-refractivity contribution in [3.8, 4) is 17.2 Å². The van der Waals surface area contributed by atoms with Gasteiger partial charge < -0.3 is 24.0 Å². The van der Waals surface area contributed by atoms with Gasteiger partial charge in [0.15, 0.2) is 11.5 Å². The summed E-state index contributed by atoms with van der Waals surface area (Å²) in [4.78, 5) is 22.3. The number of benzene rings is 2. The van der Waals surface area contributed by atoms with Gasteiger partial charge in [-0.25, -0.2) is 4.98 Å². The zero-order valence-corrected chi connectivity index (χ0v) is 18.5. The van der Waals surface area contributed by atoms with Crippen LogP contribution in [0, 0.1) is 0 Å². The normalized spacial score (nSPS) is 19.4. The fraction of sp³-hybridized carbons (Fsp3) is 0.250. The van der Waals surface area contributed by atoms with E-state index in [0.717, 1.165) is 28.2 Å². The molecule has 0 saturated heterocycles. The number of pyridine rings is 1. The molecule has 2 aromatic carbocycles. The largest absolute Gasteiger partial charge is 0.491 e. The van der Waals surface area contributed by atoms with Crippen LogP contribution in [-0.2, 0) is 16.8 Å². The standard InChI is InChI=1S/C24H21N3O4.ClH/c1-26(2)22-8-7-15(11-25-22)12-27-18-6-4-3-5-16(18)24(23(27)28)13-29-19-10-21-20(9-17(19)24)30-14-31-21;/h3-11H,12-14H2,1-2H3;1H. The molecular formula is C24H22ClN3O4. The number of nitrogens with zero attached hydrogens (tertiary/aromatic N) is 3. The molecule has 164 valence electrons. The zero-order chi connectivity index (χ0) is 21.2. The van der Waals surface area contributed by atoms with Crippen molar-refractivity contribution in [3.05, 3.63) is 71.4 Å². The second-order valence-corrected chi connectivity index (χ2v) is 8.22. The SMILES string of the molecule is CN(C)c1ccc(CN2C(=O)C3(COc4cc5c(cc43)OCO5)c3ccccc32)cn1.Cl. The molecule has 1 amide bonds. The number of para-hydroxylation sites is 1. The van der Waals surface area contributed by atoms with Gasteiger partial charge >= 0.3 is 0 Å². The van der Waals surface area contributed by atoms with Crippen LogP contribution in [0.5, 0.6) is 17.2 Å². The number of carbonyl (C=O) groups excluding carboxylic acids is 1. The van der Waals surface area contributed by atoms with Gasteiger partial charge in [-0.3, -0.25) is 4.79 Å². The first-order valence-corrected chi connectivity index (χ1v) is 10.2. The van der Waals surface area contributed by atoms with Crippen molar-refractivity contribution in [2.24, 2.45) is 0 Å². The van der Waals surface area contributed by atoms with Crippen molar-refractivity contribution in [2.75, 3.05) is 37.3 Å². The molecule has 1 unspecified atom stereocenters. The number of ether oxygens (including phenoxy) is 3. The quantitative estimate of drug-likeness (QED) is 0.607. The third kappa shape index (κ3) is 2.74. The van der Waals surface area contributed by atoms with Gasteiger partial charge in [0.2, 0.25) is 12.7 Å². The topological polar surface area (TPSA) is 64.1 Å². The first-order valence-electron chi connectivity index (χ1n) is 10.2. The molecule has 7 nitrogen and oxygen atoms in total. The number of amides is 1. The minimum atomic E-state index is -0.885. The van der Waals surface area contributed by atoms with Crippen LogP contribution in [0.15, 0.2) is 54.7 Å². The highest BCUT2D eigenvalue weighted by molar-refractivity contribution is 6.11. The van der Waals surface area contributed by atoms with Gasteiger partial charge in [0.1, 0.15) is 23.6 Å². The van der Waals surface area contributed by atoms with E-state index in [4.69, 9.17) is 14.2 Å². The van der Waals surface area contributed by atoms with Gasteiger partial charge in [-0.15, -0.1) is 12.4 Å². The lowest BCUT2D eigenvalue weighted by Gasteiger charge is -2.23. The Morgan fingerprint density at radius 1 is 1.00 bits per heavy atom. The van der Waals surface area contributed by atoms with Gasteiger partial charge in [0, 0.05) is 37.6 Å². The van der Waals surface area contributed by atoms with Crippen LogP contribution in [0.4, 0.5) is 11.5 Å². The fourth-order valence-electron chi connectivity index (χ4n) is 4.68. The van der Waals surface area contributed by atoms with Crippen LogP contribution < -0.4 is 24.0 Å². The maximum absolute atomic E-state index is 14.0. The molecule has 0 aliphatic carbocycles. The van der Waals surface area contributed by atoms with Crippen LogP contribution >= 0.6 is 12.4 Å². The predicted molar refractivity (Wildman–Crippen MR) is 122 cm³/mol. The second-order valence-electron chi connectivity index (χ2n) is 8.22. The molecule has 1 spiro atoms. The number of aromatic nitrogens is 1. The molecule has 4 heterocycles. The predicted octanol–water partition coefficient (Wildman–Crippen LogP) is 3.52. The second kappa shape index (κ2) is 7.31. The monoisotopic (exact) mass is 451 g/mol. The van der Waals surface area contributed by atoms with Crippen molar-refractivity contribution >= 4 is 29.8 Å². The Kier molecular flexibility index (Phi) is 4.67. The van der Waals surface area contributed by atoms with Crippen LogP contribution in [0.25, 0.3) is 0 Å². The number of fused-ring (bicyclic) bond motifs is 5. The number of rotatable bonds is 3. The smallest absolute Gasteiger partial charge is 0.246 e. The Labute approximate surface area is 191 Å². The Bertz CT molecular complexity index is 1210. The van der Waals surface area contributed by atoms with Crippen LogP contribution in [0.3, 0.4) is 0 Å². The number of halogens is 1. The minimum Gasteiger partial charge on any atom is -0.491 e. The van der Waals surface area contributed by atoms with Crippen molar-refractivity contribution < 1.29 is 19.0 Å². The third-order valence-corrected chi connectivity index (χ3v) is 6.25. The highest BCUT2D eigenvalue weighted by atomic mass is 35.5. The van der Waals surface area contributed by atoms with Crippen molar-refractivity contribution in [1.82, 2.24) is 4.98 Å². The van der Waals surface area contributed by atoms with Crippen molar-refractivity contribution in [3.63, 3.8) is 0 Å². The highest BCUT2D eigenvalue weighted by Gasteiger charge is 2.57. The third-order valence-electron chi connectivity index (χ3n) is 6.25. The van der Waals surface area contributed by atoms with Gasteiger partial charge in [0.05, 0.1) is 6.54 Å². The Hall–Kier alpha value is -3.45. The number of hydrogen-bond donors (Lipinski definition) is 0. The van der Waals surface area contributed by atoms with Crippen molar-refractivity contribution in [2.45, 2.75) is 12.0 Å². The summed E-state index contributed by atoms with van der Waals surface area (Å²) in [6.07, 6.45) is 1.83. The van der Waals surface area contributed by atoms with E-state index in [1.165, 1.54) is 0 Å². The van der Waals surface area contributed by atoms with Gasteiger partial charge in [-0.05, 0) is 29.3 Å². The Morgan fingerprint density at radius 3 is 2.53 bits per heavy atom. The lowest BCUT2D eigenvalue weighted by atomic mass is 9.77. The van der Waals surface area contributed by atoms with E-state index in [2.05, 4.69) is 4.98 Å². The molecule has 6 rings (SSSR count). The lowest BCUT2D eigenvalue weighted by molar-refractivity contribution is -0.122. The summed E-state index contributed by atoms with van der Waals surface area (Å²) in [7, 11) is 3.91. The maximum Gasteiger partial charge on any atom is 0.246 e. The summed E-state index contributed by atoms with van der Waals surface area (Å²) < 4.78 is 17.1. The molecule has 1 aromatic heterocycles. The average Bonchev–Trinajstić information content (AvgIpc) is 3.45. The molecule has 8 heteroatoms. The lowest BCUT2D eigenvalue weighted by Crippen LogP contribution is -2.42. The minimum absolute atomic E-state index is 0. The molecule has 0 N–H and O–H groups in total. The van der Waals surface area contributed by atoms with E-state index in [1.807, 2.05) is 78.6 Å². The maximum atomic E-state index is 14.0. The number of anilines is 2. The summed E-state index contributed by atoms with van der Waals surface area (Å²) in [5.41, 5.74) is 2.77. The first kappa shape index (κ1) is 20.5. The molecule has 1 atom stereocenters. The Balaban J connectivity index is 0.00000216. The van der Waals surface area contributed by atoms with E-state index in [-0.39, 0.29) is 31.7 Å². The van der Waals surface area contributed by atoms with Crippen LogP contribution in [-0.4, -0.2) is 38.4 Å². The summed E-state index contributed by atoms with van der Waals surface area (Å²) in [5.74, 6) is 2.85.